The van der Waals surface area contributed by atoms with E-state index in [4.69, 9.17) is 4.74 Å². The van der Waals surface area contributed by atoms with Crippen molar-refractivity contribution >= 4 is 23.1 Å². The number of hydrogen-bond acceptors (Lipinski definition) is 3. The average Bonchev–Trinajstić information content (AvgIpc) is 2.47. The first-order valence-corrected chi connectivity index (χ1v) is 7.87. The first-order valence-electron chi connectivity index (χ1n) is 6.64. The molecule has 2 aromatic rings. The van der Waals surface area contributed by atoms with Gasteiger partial charge in [-0.2, -0.15) is 0 Å². The lowest BCUT2D eigenvalue weighted by atomic mass is 10.2. The van der Waals surface area contributed by atoms with Gasteiger partial charge in [-0.25, -0.2) is 0 Å². The second kappa shape index (κ2) is 6.71. The zero-order valence-electron chi connectivity index (χ0n) is 12.4. The van der Waals surface area contributed by atoms with E-state index < -0.39 is 0 Å². The second-order valence-electron chi connectivity index (χ2n) is 4.78. The van der Waals surface area contributed by atoms with Crippen LogP contribution in [-0.4, -0.2) is 19.4 Å². The Kier molecular flexibility index (Phi) is 4.96. The zero-order chi connectivity index (χ0) is 14.5. The van der Waals surface area contributed by atoms with E-state index in [1.807, 2.05) is 18.2 Å². The van der Waals surface area contributed by atoms with Crippen molar-refractivity contribution in [1.29, 1.82) is 0 Å². The molecular weight excluding hydrogens is 266 g/mol. The monoisotopic (exact) mass is 286 g/mol. The molecule has 0 aliphatic rings. The molecule has 3 heteroatoms. The van der Waals surface area contributed by atoms with Gasteiger partial charge in [0.05, 0.1) is 7.11 Å². The number of rotatable bonds is 5. The molecule has 0 atom stereocenters. The predicted octanol–water partition coefficient (Wildman–Crippen LogP) is 4.76. The molecular formula is C17H20NOS. The Hall–Kier alpha value is -1.61. The van der Waals surface area contributed by atoms with Crippen molar-refractivity contribution in [3.63, 3.8) is 0 Å². The van der Waals surface area contributed by atoms with Crippen LogP contribution in [0.25, 0.3) is 0 Å². The molecule has 105 valence electrons. The van der Waals surface area contributed by atoms with Crippen LogP contribution in [0.5, 0.6) is 5.75 Å². The molecule has 2 aromatic carbocycles. The van der Waals surface area contributed by atoms with Gasteiger partial charge in [0.1, 0.15) is 5.75 Å². The van der Waals surface area contributed by atoms with Crippen molar-refractivity contribution < 1.29 is 4.74 Å². The van der Waals surface area contributed by atoms with Gasteiger partial charge < -0.3 is 9.64 Å². The molecule has 0 aromatic heterocycles. The summed E-state index contributed by atoms with van der Waals surface area (Å²) >= 11 is 1.71. The van der Waals surface area contributed by atoms with Crippen LogP contribution < -0.4 is 9.64 Å². The summed E-state index contributed by atoms with van der Waals surface area (Å²) < 4.78 is 5.33. The Bertz CT molecular complexity index is 521. The Balaban J connectivity index is 2.44. The minimum Gasteiger partial charge on any atom is -0.497 e. The van der Waals surface area contributed by atoms with E-state index >= 15 is 0 Å². The molecule has 20 heavy (non-hydrogen) atoms. The first-order chi connectivity index (χ1) is 9.65. The van der Waals surface area contributed by atoms with Crippen molar-refractivity contribution in [1.82, 2.24) is 0 Å². The summed E-state index contributed by atoms with van der Waals surface area (Å²) in [6.07, 6.45) is 2.07. The molecule has 0 saturated heterocycles. The van der Waals surface area contributed by atoms with Crippen LogP contribution in [0.3, 0.4) is 0 Å². The van der Waals surface area contributed by atoms with Crippen molar-refractivity contribution in [3.05, 3.63) is 48.5 Å². The van der Waals surface area contributed by atoms with Gasteiger partial charge >= 0.3 is 0 Å². The highest BCUT2D eigenvalue weighted by atomic mass is 32.2. The maximum absolute atomic E-state index is 5.33. The van der Waals surface area contributed by atoms with E-state index in [1.165, 1.54) is 5.69 Å². The van der Waals surface area contributed by atoms with E-state index in [0.717, 1.165) is 16.3 Å². The molecule has 1 radical (unpaired) electrons. The number of benzene rings is 2. The highest BCUT2D eigenvalue weighted by Gasteiger charge is 2.14. The number of methoxy groups -OCH3 is 1. The average molecular weight is 286 g/mol. The number of ether oxygens (including phenoxy) is 1. The van der Waals surface area contributed by atoms with Crippen LogP contribution >= 0.6 is 11.8 Å². The fourth-order valence-electron chi connectivity index (χ4n) is 2.21. The molecule has 0 aliphatic heterocycles. The quantitative estimate of drug-likeness (QED) is 0.735. The third-order valence-electron chi connectivity index (χ3n) is 3.10. The Morgan fingerprint density at radius 2 is 1.90 bits per heavy atom. The third-order valence-corrected chi connectivity index (χ3v) is 3.78. The minimum atomic E-state index is 0.360. The molecule has 0 bridgehead atoms. The molecule has 0 saturated carbocycles. The van der Waals surface area contributed by atoms with Gasteiger partial charge in [-0.15, -0.1) is 11.8 Å². The van der Waals surface area contributed by atoms with Crippen LogP contribution in [0.2, 0.25) is 0 Å². The SMILES string of the molecule is COc1cccc(N(c2cc[c]c(SC)c2)C(C)C)c1. The van der Waals surface area contributed by atoms with Crippen molar-refractivity contribution in [2.75, 3.05) is 18.3 Å². The maximum Gasteiger partial charge on any atom is 0.120 e. The highest BCUT2D eigenvalue weighted by molar-refractivity contribution is 7.98. The topological polar surface area (TPSA) is 12.5 Å². The van der Waals surface area contributed by atoms with Crippen LogP contribution in [-0.2, 0) is 0 Å². The molecule has 0 aliphatic carbocycles. The van der Waals surface area contributed by atoms with Gasteiger partial charge in [-0.3, -0.25) is 0 Å². The summed E-state index contributed by atoms with van der Waals surface area (Å²) in [5.74, 6) is 0.876. The number of thioether (sulfide) groups is 1. The summed E-state index contributed by atoms with van der Waals surface area (Å²) in [6.45, 7) is 4.38. The standard InChI is InChI=1S/C17H20NOS/c1-13(2)18(14-7-5-9-16(11-14)19-3)15-8-6-10-17(12-15)20-4/h5-9,11-13H,1-4H3. The Morgan fingerprint density at radius 3 is 2.55 bits per heavy atom. The fraction of sp³-hybridized carbons (Fsp3) is 0.294. The molecule has 0 heterocycles. The number of nitrogens with zero attached hydrogens (tertiary/aromatic N) is 1. The van der Waals surface area contributed by atoms with E-state index in [-0.39, 0.29) is 0 Å². The number of anilines is 2. The first kappa shape index (κ1) is 14.8. The van der Waals surface area contributed by atoms with Gasteiger partial charge in [0.25, 0.3) is 0 Å². The van der Waals surface area contributed by atoms with Crippen LogP contribution in [0.4, 0.5) is 11.4 Å². The Labute approximate surface area is 125 Å². The smallest absolute Gasteiger partial charge is 0.120 e. The molecule has 0 unspecified atom stereocenters. The van der Waals surface area contributed by atoms with Gasteiger partial charge in [0.15, 0.2) is 0 Å². The molecule has 0 amide bonds. The van der Waals surface area contributed by atoms with Crippen molar-refractivity contribution in [3.8, 4) is 5.75 Å². The van der Waals surface area contributed by atoms with Crippen LogP contribution in [0, 0.1) is 6.07 Å². The summed E-state index contributed by atoms with van der Waals surface area (Å²) in [6, 6.07) is 18.0. The van der Waals surface area contributed by atoms with Gasteiger partial charge in [-0.05, 0) is 50.4 Å². The summed E-state index contributed by atoms with van der Waals surface area (Å²) in [4.78, 5) is 3.45. The fourth-order valence-corrected chi connectivity index (χ4v) is 2.63. The zero-order valence-corrected chi connectivity index (χ0v) is 13.2. The highest BCUT2D eigenvalue weighted by Crippen LogP contribution is 2.32. The third kappa shape index (κ3) is 3.28. The largest absolute Gasteiger partial charge is 0.497 e. The maximum atomic E-state index is 5.33. The molecule has 2 rings (SSSR count). The molecule has 0 N–H and O–H groups in total. The van der Waals surface area contributed by atoms with E-state index in [1.54, 1.807) is 18.9 Å². The van der Waals surface area contributed by atoms with E-state index in [9.17, 15) is 0 Å². The van der Waals surface area contributed by atoms with Gasteiger partial charge in [-0.1, -0.05) is 12.1 Å². The normalized spacial score (nSPS) is 10.7. The van der Waals surface area contributed by atoms with Crippen LogP contribution in [0.15, 0.2) is 47.4 Å². The minimum absolute atomic E-state index is 0.360. The summed E-state index contributed by atoms with van der Waals surface area (Å²) in [7, 11) is 1.70. The molecule has 0 spiro atoms. The lowest BCUT2D eigenvalue weighted by Crippen LogP contribution is -2.25. The Morgan fingerprint density at radius 1 is 1.15 bits per heavy atom. The van der Waals surface area contributed by atoms with Crippen molar-refractivity contribution in [2.45, 2.75) is 24.8 Å². The summed E-state index contributed by atoms with van der Waals surface area (Å²) in [5.41, 5.74) is 2.31. The summed E-state index contributed by atoms with van der Waals surface area (Å²) in [5, 5.41) is 0. The van der Waals surface area contributed by atoms with Gasteiger partial charge in [0.2, 0.25) is 0 Å². The lowest BCUT2D eigenvalue weighted by Gasteiger charge is -2.29. The van der Waals surface area contributed by atoms with E-state index in [2.05, 4.69) is 55.3 Å². The molecule has 2 nitrogen and oxygen atoms in total. The number of hydrogen-bond donors (Lipinski definition) is 0. The van der Waals surface area contributed by atoms with Gasteiger partial charge in [0, 0.05) is 28.4 Å². The predicted molar refractivity (Wildman–Crippen MR) is 87.3 cm³/mol. The van der Waals surface area contributed by atoms with E-state index in [0.29, 0.717) is 6.04 Å². The molecule has 0 fully saturated rings. The van der Waals surface area contributed by atoms with Crippen LogP contribution in [0.1, 0.15) is 13.8 Å². The second-order valence-corrected chi connectivity index (χ2v) is 5.63. The lowest BCUT2D eigenvalue weighted by molar-refractivity contribution is 0.415. The van der Waals surface area contributed by atoms with Crippen molar-refractivity contribution in [2.24, 2.45) is 0 Å².